The minimum Gasteiger partial charge on any atom is -0.324 e. The van der Waals surface area contributed by atoms with Gasteiger partial charge in [-0.3, -0.25) is 14.3 Å². The molecule has 0 atom stereocenters. The van der Waals surface area contributed by atoms with E-state index >= 15 is 0 Å². The Balaban J connectivity index is 1.70. The van der Waals surface area contributed by atoms with Gasteiger partial charge in [-0.15, -0.1) is 0 Å². The summed E-state index contributed by atoms with van der Waals surface area (Å²) in [5, 5.41) is 4.89. The summed E-state index contributed by atoms with van der Waals surface area (Å²) < 4.78 is 53.7. The van der Waals surface area contributed by atoms with Gasteiger partial charge >= 0.3 is 0 Å². The Kier molecular flexibility index (Phi) is 6.30. The van der Waals surface area contributed by atoms with Crippen molar-refractivity contribution >= 4 is 38.9 Å². The lowest BCUT2D eigenvalue weighted by atomic mass is 10.2. The van der Waals surface area contributed by atoms with Crippen molar-refractivity contribution in [1.82, 2.24) is 0 Å². The quantitative estimate of drug-likeness (QED) is 0.534. The van der Waals surface area contributed by atoms with Crippen LogP contribution in [-0.2, 0) is 14.8 Å². The van der Waals surface area contributed by atoms with Crippen LogP contribution in [0.3, 0.4) is 0 Å². The first-order valence-electron chi connectivity index (χ1n) is 8.91. The van der Waals surface area contributed by atoms with Crippen LogP contribution >= 0.6 is 0 Å². The summed E-state index contributed by atoms with van der Waals surface area (Å²) in [7, 11) is -3.92. The Bertz CT molecular complexity index is 1230. The molecule has 0 spiro atoms. The molecule has 10 heteroatoms. The predicted octanol–water partition coefficient (Wildman–Crippen LogP) is 3.98. The summed E-state index contributed by atoms with van der Waals surface area (Å²) in [5.41, 5.74) is 0.609. The van der Waals surface area contributed by atoms with Crippen molar-refractivity contribution in [2.24, 2.45) is 0 Å². The van der Waals surface area contributed by atoms with Crippen molar-refractivity contribution in [2.75, 3.05) is 15.4 Å². The number of carbonyl (C=O) groups is 2. The number of rotatable bonds is 6. The molecule has 3 N–H and O–H groups in total. The summed E-state index contributed by atoms with van der Waals surface area (Å²) in [4.78, 5) is 23.4. The molecule has 160 valence electrons. The van der Waals surface area contributed by atoms with E-state index in [1.165, 1.54) is 43.3 Å². The van der Waals surface area contributed by atoms with Crippen LogP contribution in [-0.4, -0.2) is 20.2 Å². The average Bonchev–Trinajstić information content (AvgIpc) is 2.70. The van der Waals surface area contributed by atoms with Gasteiger partial charge in [-0.1, -0.05) is 0 Å². The normalized spacial score (nSPS) is 10.9. The molecule has 0 saturated carbocycles. The van der Waals surface area contributed by atoms with Crippen LogP contribution in [0.2, 0.25) is 0 Å². The second-order valence-corrected chi connectivity index (χ2v) is 8.15. The van der Waals surface area contributed by atoms with Gasteiger partial charge in [-0.25, -0.2) is 17.2 Å². The predicted molar refractivity (Wildman–Crippen MR) is 112 cm³/mol. The zero-order valence-corrected chi connectivity index (χ0v) is 17.0. The molecule has 0 aromatic heterocycles. The second-order valence-electron chi connectivity index (χ2n) is 6.47. The fourth-order valence-electron chi connectivity index (χ4n) is 2.61. The van der Waals surface area contributed by atoms with Crippen LogP contribution in [0.15, 0.2) is 71.6 Å². The van der Waals surface area contributed by atoms with Gasteiger partial charge in [-0.2, -0.15) is 0 Å². The molecule has 0 aliphatic heterocycles. The number of hydrogen-bond acceptors (Lipinski definition) is 4. The number of sulfonamides is 1. The molecule has 3 aromatic carbocycles. The molecule has 2 amide bonds. The zero-order chi connectivity index (χ0) is 22.6. The van der Waals surface area contributed by atoms with Crippen LogP contribution in [0.5, 0.6) is 0 Å². The highest BCUT2D eigenvalue weighted by atomic mass is 32.2. The highest BCUT2D eigenvalue weighted by Gasteiger charge is 2.15. The van der Waals surface area contributed by atoms with Crippen molar-refractivity contribution in [3.8, 4) is 0 Å². The Morgan fingerprint density at radius 1 is 0.806 bits per heavy atom. The molecule has 0 radical (unpaired) electrons. The molecule has 0 aliphatic carbocycles. The Labute approximate surface area is 177 Å². The number of benzene rings is 3. The lowest BCUT2D eigenvalue weighted by molar-refractivity contribution is -0.114. The van der Waals surface area contributed by atoms with Gasteiger partial charge in [0.05, 0.1) is 10.6 Å². The summed E-state index contributed by atoms with van der Waals surface area (Å²) >= 11 is 0. The van der Waals surface area contributed by atoms with E-state index in [1.54, 1.807) is 0 Å². The molecule has 0 unspecified atom stereocenters. The fraction of sp³-hybridized carbons (Fsp3) is 0.0476. The van der Waals surface area contributed by atoms with Crippen LogP contribution in [0.1, 0.15) is 17.3 Å². The molecular formula is C21H17F2N3O4S. The van der Waals surface area contributed by atoms with Crippen LogP contribution in [0.4, 0.5) is 25.8 Å². The van der Waals surface area contributed by atoms with Crippen molar-refractivity contribution in [2.45, 2.75) is 11.8 Å². The van der Waals surface area contributed by atoms with Gasteiger partial charge in [0.25, 0.3) is 15.9 Å². The minimum absolute atomic E-state index is 0.0733. The number of hydrogen-bond donors (Lipinski definition) is 3. The fourth-order valence-corrected chi connectivity index (χ4v) is 3.67. The van der Waals surface area contributed by atoms with Gasteiger partial charge in [-0.05, 0) is 66.7 Å². The van der Waals surface area contributed by atoms with Crippen molar-refractivity contribution < 1.29 is 26.8 Å². The van der Waals surface area contributed by atoms with Crippen molar-refractivity contribution in [3.63, 3.8) is 0 Å². The molecule has 0 fully saturated rings. The summed E-state index contributed by atoms with van der Waals surface area (Å²) in [6.07, 6.45) is 0. The molecule has 0 aliphatic rings. The van der Waals surface area contributed by atoms with Gasteiger partial charge in [0, 0.05) is 23.9 Å². The van der Waals surface area contributed by atoms with E-state index in [0.717, 1.165) is 30.3 Å². The summed E-state index contributed by atoms with van der Waals surface area (Å²) in [6, 6.07) is 13.6. The molecule has 31 heavy (non-hydrogen) atoms. The number of nitrogens with one attached hydrogen (secondary N) is 3. The molecule has 3 rings (SSSR count). The highest BCUT2D eigenvalue weighted by Crippen LogP contribution is 2.21. The van der Waals surface area contributed by atoms with E-state index in [0.29, 0.717) is 0 Å². The first-order chi connectivity index (χ1) is 14.6. The van der Waals surface area contributed by atoms with Crippen molar-refractivity contribution in [3.05, 3.63) is 83.9 Å². The SMILES string of the molecule is CC(=O)Nc1cc(NC(=O)c2ccc(NS(=O)(=O)c3ccc(F)cc3)cc2)ccc1F. The van der Waals surface area contributed by atoms with E-state index in [-0.39, 0.29) is 27.5 Å². The Morgan fingerprint density at radius 2 is 1.42 bits per heavy atom. The zero-order valence-electron chi connectivity index (χ0n) is 16.1. The first-order valence-corrected chi connectivity index (χ1v) is 10.4. The third kappa shape index (κ3) is 5.64. The van der Waals surface area contributed by atoms with Gasteiger partial charge in [0.1, 0.15) is 11.6 Å². The lowest BCUT2D eigenvalue weighted by Crippen LogP contribution is -2.14. The second kappa shape index (κ2) is 8.92. The summed E-state index contributed by atoms with van der Waals surface area (Å²) in [5.74, 6) is -2.18. The molecule has 0 heterocycles. The van der Waals surface area contributed by atoms with Gasteiger partial charge in [0.15, 0.2) is 0 Å². The average molecular weight is 445 g/mol. The Morgan fingerprint density at radius 3 is 2.03 bits per heavy atom. The Hall–Kier alpha value is -3.79. The molecule has 3 aromatic rings. The largest absolute Gasteiger partial charge is 0.324 e. The number of halogens is 2. The molecule has 0 saturated heterocycles. The maximum Gasteiger partial charge on any atom is 0.261 e. The first kappa shape index (κ1) is 21.9. The molecule has 0 bridgehead atoms. The monoisotopic (exact) mass is 445 g/mol. The smallest absolute Gasteiger partial charge is 0.261 e. The van der Waals surface area contributed by atoms with E-state index in [2.05, 4.69) is 15.4 Å². The van der Waals surface area contributed by atoms with Crippen LogP contribution in [0.25, 0.3) is 0 Å². The third-order valence-electron chi connectivity index (χ3n) is 4.06. The molecule has 7 nitrogen and oxygen atoms in total. The molecular weight excluding hydrogens is 428 g/mol. The maximum absolute atomic E-state index is 13.7. The van der Waals surface area contributed by atoms with E-state index in [4.69, 9.17) is 0 Å². The van der Waals surface area contributed by atoms with E-state index < -0.39 is 33.5 Å². The third-order valence-corrected chi connectivity index (χ3v) is 5.46. The van der Waals surface area contributed by atoms with Crippen LogP contribution in [0, 0.1) is 11.6 Å². The number of carbonyl (C=O) groups excluding carboxylic acids is 2. The number of amides is 2. The summed E-state index contributed by atoms with van der Waals surface area (Å²) in [6.45, 7) is 1.23. The standard InChI is InChI=1S/C21H17F2N3O4S/c1-13(27)24-20-12-17(8-11-19(20)23)25-21(28)14-2-6-16(7-3-14)26-31(29,30)18-9-4-15(22)5-10-18/h2-12,26H,1H3,(H,24,27)(H,25,28). The topological polar surface area (TPSA) is 104 Å². The van der Waals surface area contributed by atoms with E-state index in [1.807, 2.05) is 0 Å². The van der Waals surface area contributed by atoms with Crippen molar-refractivity contribution in [1.29, 1.82) is 0 Å². The lowest BCUT2D eigenvalue weighted by Gasteiger charge is -2.10. The van der Waals surface area contributed by atoms with Gasteiger partial charge < -0.3 is 10.6 Å². The number of anilines is 3. The highest BCUT2D eigenvalue weighted by molar-refractivity contribution is 7.92. The maximum atomic E-state index is 13.7. The minimum atomic E-state index is -3.92. The van der Waals surface area contributed by atoms with Crippen LogP contribution < -0.4 is 15.4 Å². The van der Waals surface area contributed by atoms with E-state index in [9.17, 15) is 26.8 Å². The van der Waals surface area contributed by atoms with Gasteiger partial charge in [0.2, 0.25) is 5.91 Å².